The average molecular weight is 347 g/mol. The SMILES string of the molecule is CC1CC2(CC2)CN1C(=O)CNc1nnc(-c2ccc(Cl)cc2)o1. The summed E-state index contributed by atoms with van der Waals surface area (Å²) in [6.07, 6.45) is 3.63. The van der Waals surface area contributed by atoms with Crippen molar-refractivity contribution in [3.8, 4) is 11.5 Å². The number of halogens is 1. The number of nitrogens with zero attached hydrogens (tertiary/aromatic N) is 3. The Labute approximate surface area is 145 Å². The number of amides is 1. The molecule has 7 heteroatoms. The fraction of sp³-hybridized carbons (Fsp3) is 0.471. The zero-order chi connectivity index (χ0) is 16.7. The van der Waals surface area contributed by atoms with Crippen molar-refractivity contribution in [1.82, 2.24) is 15.1 Å². The summed E-state index contributed by atoms with van der Waals surface area (Å²) in [4.78, 5) is 14.4. The normalized spacial score (nSPS) is 21.2. The summed E-state index contributed by atoms with van der Waals surface area (Å²) < 4.78 is 5.56. The van der Waals surface area contributed by atoms with Gasteiger partial charge in [-0.3, -0.25) is 4.79 Å². The van der Waals surface area contributed by atoms with Crippen LogP contribution in [0.1, 0.15) is 26.2 Å². The fourth-order valence-electron chi connectivity index (χ4n) is 3.45. The lowest BCUT2D eigenvalue weighted by molar-refractivity contribution is -0.130. The summed E-state index contributed by atoms with van der Waals surface area (Å²) in [7, 11) is 0. The van der Waals surface area contributed by atoms with E-state index in [4.69, 9.17) is 16.0 Å². The number of carbonyl (C=O) groups is 1. The minimum absolute atomic E-state index is 0.0810. The topological polar surface area (TPSA) is 71.3 Å². The number of benzene rings is 1. The highest BCUT2D eigenvalue weighted by molar-refractivity contribution is 6.30. The van der Waals surface area contributed by atoms with Crippen LogP contribution in [0.4, 0.5) is 6.01 Å². The predicted molar refractivity (Wildman–Crippen MR) is 90.7 cm³/mol. The maximum Gasteiger partial charge on any atom is 0.316 e. The zero-order valence-corrected chi connectivity index (χ0v) is 14.2. The molecular formula is C17H19ClN4O2. The van der Waals surface area contributed by atoms with E-state index >= 15 is 0 Å². The van der Waals surface area contributed by atoms with E-state index in [2.05, 4.69) is 22.4 Å². The molecule has 24 heavy (non-hydrogen) atoms. The molecule has 1 aromatic carbocycles. The fourth-order valence-corrected chi connectivity index (χ4v) is 3.57. The molecule has 4 rings (SSSR count). The molecule has 1 saturated carbocycles. The number of hydrogen-bond acceptors (Lipinski definition) is 5. The lowest BCUT2D eigenvalue weighted by Crippen LogP contribution is -2.38. The molecule has 2 aliphatic rings. The van der Waals surface area contributed by atoms with Gasteiger partial charge in [-0.05, 0) is 55.9 Å². The molecule has 1 atom stereocenters. The van der Waals surface area contributed by atoms with E-state index in [1.54, 1.807) is 12.1 Å². The Morgan fingerprint density at radius 3 is 2.79 bits per heavy atom. The van der Waals surface area contributed by atoms with Gasteiger partial charge in [-0.15, -0.1) is 5.10 Å². The monoisotopic (exact) mass is 346 g/mol. The van der Waals surface area contributed by atoms with E-state index in [1.165, 1.54) is 12.8 Å². The third-order valence-corrected chi connectivity index (χ3v) is 5.20. The minimum atomic E-state index is 0.0810. The van der Waals surface area contributed by atoms with Gasteiger partial charge in [0.1, 0.15) is 0 Å². The smallest absolute Gasteiger partial charge is 0.316 e. The Balaban J connectivity index is 1.36. The Kier molecular flexibility index (Phi) is 3.72. The van der Waals surface area contributed by atoms with Gasteiger partial charge in [0.25, 0.3) is 0 Å². The molecule has 1 amide bonds. The van der Waals surface area contributed by atoms with Crippen molar-refractivity contribution in [3.05, 3.63) is 29.3 Å². The van der Waals surface area contributed by atoms with Gasteiger partial charge >= 0.3 is 6.01 Å². The van der Waals surface area contributed by atoms with Crippen molar-refractivity contribution in [2.75, 3.05) is 18.4 Å². The molecule has 1 aliphatic heterocycles. The van der Waals surface area contributed by atoms with Gasteiger partial charge in [0.15, 0.2) is 0 Å². The molecule has 2 fully saturated rings. The minimum Gasteiger partial charge on any atom is -0.403 e. The molecule has 1 N–H and O–H groups in total. The number of hydrogen-bond donors (Lipinski definition) is 1. The molecule has 2 aromatic rings. The van der Waals surface area contributed by atoms with Crippen LogP contribution >= 0.6 is 11.6 Å². The van der Waals surface area contributed by atoms with Crippen LogP contribution in [0.5, 0.6) is 0 Å². The maximum absolute atomic E-state index is 12.4. The van der Waals surface area contributed by atoms with Crippen molar-refractivity contribution in [2.45, 2.75) is 32.2 Å². The second-order valence-electron chi connectivity index (χ2n) is 6.85. The Morgan fingerprint density at radius 1 is 1.38 bits per heavy atom. The van der Waals surface area contributed by atoms with Crippen LogP contribution in [0, 0.1) is 5.41 Å². The van der Waals surface area contributed by atoms with Crippen LogP contribution in [0.15, 0.2) is 28.7 Å². The summed E-state index contributed by atoms with van der Waals surface area (Å²) in [5.74, 6) is 0.477. The van der Waals surface area contributed by atoms with Crippen LogP contribution < -0.4 is 5.32 Å². The highest BCUT2D eigenvalue weighted by atomic mass is 35.5. The standard InChI is InChI=1S/C17H19ClN4O2/c1-11-8-17(6-7-17)10-22(11)14(23)9-19-16-21-20-15(24-16)12-2-4-13(18)5-3-12/h2-5,11H,6-10H2,1H3,(H,19,21). The van der Waals surface area contributed by atoms with Gasteiger partial charge in [-0.2, -0.15) is 0 Å². The van der Waals surface area contributed by atoms with E-state index in [9.17, 15) is 4.79 Å². The lowest BCUT2D eigenvalue weighted by Gasteiger charge is -2.21. The van der Waals surface area contributed by atoms with Crippen molar-refractivity contribution in [2.24, 2.45) is 5.41 Å². The van der Waals surface area contributed by atoms with Crippen molar-refractivity contribution in [3.63, 3.8) is 0 Å². The lowest BCUT2D eigenvalue weighted by atomic mass is 10.0. The van der Waals surface area contributed by atoms with Crippen molar-refractivity contribution >= 4 is 23.5 Å². The van der Waals surface area contributed by atoms with Gasteiger partial charge in [0, 0.05) is 23.2 Å². The first-order valence-corrected chi connectivity index (χ1v) is 8.55. The molecule has 6 nitrogen and oxygen atoms in total. The summed E-state index contributed by atoms with van der Waals surface area (Å²) in [5, 5.41) is 11.5. The molecule has 1 saturated heterocycles. The van der Waals surface area contributed by atoms with E-state index in [0.29, 0.717) is 22.4 Å². The molecule has 1 aromatic heterocycles. The molecule has 1 aliphatic carbocycles. The molecule has 126 valence electrons. The van der Waals surface area contributed by atoms with Crippen molar-refractivity contribution in [1.29, 1.82) is 0 Å². The van der Waals surface area contributed by atoms with Crippen LogP contribution in [0.25, 0.3) is 11.5 Å². The summed E-state index contributed by atoms with van der Waals surface area (Å²) in [5.41, 5.74) is 1.21. The van der Waals surface area contributed by atoms with Gasteiger partial charge < -0.3 is 14.6 Å². The van der Waals surface area contributed by atoms with Gasteiger partial charge in [0.2, 0.25) is 11.8 Å². The number of likely N-dealkylation sites (tertiary alicyclic amines) is 1. The number of carbonyl (C=O) groups excluding carboxylic acids is 1. The maximum atomic E-state index is 12.4. The summed E-state index contributed by atoms with van der Waals surface area (Å²) in [6, 6.07) is 7.72. The highest BCUT2D eigenvalue weighted by Crippen LogP contribution is 2.54. The zero-order valence-electron chi connectivity index (χ0n) is 13.5. The first-order chi connectivity index (χ1) is 11.5. The number of rotatable bonds is 4. The van der Waals surface area contributed by atoms with Crippen LogP contribution in [0.3, 0.4) is 0 Å². The largest absolute Gasteiger partial charge is 0.403 e. The number of anilines is 1. The first-order valence-electron chi connectivity index (χ1n) is 8.17. The third-order valence-electron chi connectivity index (χ3n) is 4.95. The molecule has 1 unspecified atom stereocenters. The Bertz CT molecular complexity index is 754. The third kappa shape index (κ3) is 2.98. The van der Waals surface area contributed by atoms with Crippen molar-refractivity contribution < 1.29 is 9.21 Å². The molecule has 0 radical (unpaired) electrons. The number of aromatic nitrogens is 2. The van der Waals surface area contributed by atoms with Crippen LogP contribution in [-0.4, -0.2) is 40.1 Å². The molecule has 0 bridgehead atoms. The van der Waals surface area contributed by atoms with E-state index in [1.807, 2.05) is 17.0 Å². The Morgan fingerprint density at radius 2 is 2.12 bits per heavy atom. The van der Waals surface area contributed by atoms with E-state index < -0.39 is 0 Å². The quantitative estimate of drug-likeness (QED) is 0.920. The molecule has 2 heterocycles. The van der Waals surface area contributed by atoms with Crippen LogP contribution in [-0.2, 0) is 4.79 Å². The van der Waals surface area contributed by atoms with Crippen LogP contribution in [0.2, 0.25) is 5.02 Å². The summed E-state index contributed by atoms with van der Waals surface area (Å²) >= 11 is 5.87. The second kappa shape index (κ2) is 5.77. The second-order valence-corrected chi connectivity index (χ2v) is 7.28. The molecular weight excluding hydrogens is 328 g/mol. The number of nitrogens with one attached hydrogen (secondary N) is 1. The van der Waals surface area contributed by atoms with Gasteiger partial charge in [-0.25, -0.2) is 0 Å². The van der Waals surface area contributed by atoms with Gasteiger partial charge in [-0.1, -0.05) is 16.7 Å². The summed E-state index contributed by atoms with van der Waals surface area (Å²) in [6.45, 7) is 3.17. The van der Waals surface area contributed by atoms with Gasteiger partial charge in [0.05, 0.1) is 6.54 Å². The highest BCUT2D eigenvalue weighted by Gasteiger charge is 2.51. The van der Waals surface area contributed by atoms with E-state index in [0.717, 1.165) is 18.5 Å². The predicted octanol–water partition coefficient (Wildman–Crippen LogP) is 3.20. The molecule has 1 spiro atoms. The average Bonchev–Trinajstić information content (AvgIpc) is 3.02. The Hall–Kier alpha value is -2.08. The van der Waals surface area contributed by atoms with E-state index in [-0.39, 0.29) is 18.5 Å². The first kappa shape index (κ1) is 15.4.